The van der Waals surface area contributed by atoms with Crippen molar-refractivity contribution in [2.75, 3.05) is 0 Å². The van der Waals surface area contributed by atoms with E-state index < -0.39 is 12.5 Å². The van der Waals surface area contributed by atoms with E-state index in [2.05, 4.69) is 10.1 Å². The van der Waals surface area contributed by atoms with E-state index in [1.807, 2.05) is 0 Å². The summed E-state index contributed by atoms with van der Waals surface area (Å²) in [6, 6.07) is 6.73. The summed E-state index contributed by atoms with van der Waals surface area (Å²) in [4.78, 5) is 3.91. The largest absolute Gasteiger partial charge is 0.387 e. The Balaban J connectivity index is 2.15. The standard InChI is InChI=1S/C11H9ClF2N2O2/c12-7-3-1-2-6(4-7)11-15-9(18-16-11)5-8(17)10(13)14/h1-4,8,10,17H,5H2. The van der Waals surface area contributed by atoms with Crippen molar-refractivity contribution in [1.82, 2.24) is 10.1 Å². The highest BCUT2D eigenvalue weighted by Gasteiger charge is 2.21. The van der Waals surface area contributed by atoms with Crippen molar-refractivity contribution < 1.29 is 18.4 Å². The van der Waals surface area contributed by atoms with Gasteiger partial charge in [0.05, 0.1) is 6.42 Å². The van der Waals surface area contributed by atoms with Crippen molar-refractivity contribution in [3.8, 4) is 11.4 Å². The monoisotopic (exact) mass is 274 g/mol. The van der Waals surface area contributed by atoms with Crippen LogP contribution in [0.1, 0.15) is 5.89 Å². The Morgan fingerprint density at radius 2 is 2.17 bits per heavy atom. The molecule has 2 rings (SSSR count). The van der Waals surface area contributed by atoms with Crippen LogP contribution in [0.4, 0.5) is 8.78 Å². The van der Waals surface area contributed by atoms with E-state index in [0.717, 1.165) is 0 Å². The first-order chi connectivity index (χ1) is 8.56. The highest BCUT2D eigenvalue weighted by Crippen LogP contribution is 2.20. The van der Waals surface area contributed by atoms with Crippen molar-refractivity contribution in [2.45, 2.75) is 19.0 Å². The molecular weight excluding hydrogens is 266 g/mol. The van der Waals surface area contributed by atoms with E-state index in [9.17, 15) is 8.78 Å². The first kappa shape index (κ1) is 12.9. The zero-order valence-corrected chi connectivity index (χ0v) is 9.81. The van der Waals surface area contributed by atoms with Gasteiger partial charge in [-0.05, 0) is 12.1 Å². The van der Waals surface area contributed by atoms with E-state index in [0.29, 0.717) is 10.6 Å². The van der Waals surface area contributed by atoms with Gasteiger partial charge in [-0.3, -0.25) is 0 Å². The van der Waals surface area contributed by atoms with Crippen LogP contribution in [0.2, 0.25) is 5.02 Å². The summed E-state index contributed by atoms with van der Waals surface area (Å²) in [5, 5.41) is 13.2. The van der Waals surface area contributed by atoms with Gasteiger partial charge in [0.2, 0.25) is 11.7 Å². The highest BCUT2D eigenvalue weighted by atomic mass is 35.5. The normalized spacial score (nSPS) is 12.9. The van der Waals surface area contributed by atoms with Crippen LogP contribution < -0.4 is 0 Å². The Morgan fingerprint density at radius 3 is 2.83 bits per heavy atom. The molecule has 0 aliphatic heterocycles. The van der Waals surface area contributed by atoms with Crippen LogP contribution >= 0.6 is 11.6 Å². The molecule has 0 aliphatic rings. The molecule has 0 radical (unpaired) electrons. The second-order valence-electron chi connectivity index (χ2n) is 3.63. The maximum atomic E-state index is 12.1. The molecule has 1 N–H and O–H groups in total. The smallest absolute Gasteiger partial charge is 0.264 e. The van der Waals surface area contributed by atoms with Gasteiger partial charge >= 0.3 is 0 Å². The van der Waals surface area contributed by atoms with Gasteiger partial charge in [-0.25, -0.2) is 8.78 Å². The van der Waals surface area contributed by atoms with Crippen molar-refractivity contribution >= 4 is 11.6 Å². The zero-order chi connectivity index (χ0) is 13.1. The molecule has 0 bridgehead atoms. The first-order valence-corrected chi connectivity index (χ1v) is 5.49. The Bertz CT molecular complexity index is 533. The number of aliphatic hydroxyl groups excluding tert-OH is 1. The first-order valence-electron chi connectivity index (χ1n) is 5.11. The van der Waals surface area contributed by atoms with E-state index >= 15 is 0 Å². The van der Waals surface area contributed by atoms with E-state index in [1.165, 1.54) is 0 Å². The molecule has 0 aliphatic carbocycles. The summed E-state index contributed by atoms with van der Waals surface area (Å²) < 4.78 is 29.1. The molecule has 1 aromatic carbocycles. The molecule has 96 valence electrons. The maximum absolute atomic E-state index is 12.1. The van der Waals surface area contributed by atoms with Gasteiger partial charge in [-0.15, -0.1) is 0 Å². The number of hydrogen-bond acceptors (Lipinski definition) is 4. The number of alkyl halides is 2. The topological polar surface area (TPSA) is 59.2 Å². The Kier molecular flexibility index (Phi) is 3.88. The minimum atomic E-state index is -2.84. The van der Waals surface area contributed by atoms with Gasteiger partial charge in [0.1, 0.15) is 6.10 Å². The second kappa shape index (κ2) is 5.41. The van der Waals surface area contributed by atoms with Crippen LogP contribution in [0.5, 0.6) is 0 Å². The lowest BCUT2D eigenvalue weighted by molar-refractivity contribution is -0.00754. The number of benzene rings is 1. The lowest BCUT2D eigenvalue weighted by atomic mass is 10.2. The Morgan fingerprint density at radius 1 is 1.39 bits per heavy atom. The quantitative estimate of drug-likeness (QED) is 0.931. The molecule has 18 heavy (non-hydrogen) atoms. The van der Waals surface area contributed by atoms with Gasteiger partial charge in [-0.2, -0.15) is 4.98 Å². The number of rotatable bonds is 4. The number of nitrogens with zero attached hydrogens (tertiary/aromatic N) is 2. The molecule has 0 spiro atoms. The lowest BCUT2D eigenvalue weighted by Crippen LogP contribution is -2.20. The van der Waals surface area contributed by atoms with Crippen LogP contribution in [0, 0.1) is 0 Å². The van der Waals surface area contributed by atoms with E-state index in [4.69, 9.17) is 21.2 Å². The third-order valence-corrected chi connectivity index (χ3v) is 2.46. The molecule has 2 aromatic rings. The van der Waals surface area contributed by atoms with Gasteiger partial charge in [-0.1, -0.05) is 28.9 Å². The van der Waals surface area contributed by atoms with E-state index in [1.54, 1.807) is 24.3 Å². The highest BCUT2D eigenvalue weighted by molar-refractivity contribution is 6.30. The molecule has 0 saturated heterocycles. The average Bonchev–Trinajstić information content (AvgIpc) is 2.77. The fourth-order valence-electron chi connectivity index (χ4n) is 1.35. The van der Waals surface area contributed by atoms with Crippen LogP contribution in [0.15, 0.2) is 28.8 Å². The molecule has 1 heterocycles. The molecule has 0 fully saturated rings. The molecule has 7 heteroatoms. The molecule has 1 atom stereocenters. The fraction of sp³-hybridized carbons (Fsp3) is 0.273. The lowest BCUT2D eigenvalue weighted by Gasteiger charge is -2.04. The Labute approximate surface area is 106 Å². The van der Waals surface area contributed by atoms with Gasteiger partial charge < -0.3 is 9.63 Å². The number of hydrogen-bond donors (Lipinski definition) is 1. The van der Waals surface area contributed by atoms with Crippen molar-refractivity contribution in [1.29, 1.82) is 0 Å². The minimum absolute atomic E-state index is 0.0437. The predicted octanol–water partition coefficient (Wildman–Crippen LogP) is 2.56. The number of aliphatic hydroxyl groups is 1. The number of aromatic nitrogens is 2. The third kappa shape index (κ3) is 3.02. The second-order valence-corrected chi connectivity index (χ2v) is 4.06. The fourth-order valence-corrected chi connectivity index (χ4v) is 1.54. The van der Waals surface area contributed by atoms with Crippen molar-refractivity contribution in [2.24, 2.45) is 0 Å². The van der Waals surface area contributed by atoms with Gasteiger partial charge in [0.25, 0.3) is 6.43 Å². The van der Waals surface area contributed by atoms with Crippen LogP contribution in [0.3, 0.4) is 0 Å². The van der Waals surface area contributed by atoms with Gasteiger partial charge in [0.15, 0.2) is 0 Å². The van der Waals surface area contributed by atoms with Crippen LogP contribution in [-0.4, -0.2) is 27.8 Å². The SMILES string of the molecule is OC(Cc1nc(-c2cccc(Cl)c2)no1)C(F)F. The van der Waals surface area contributed by atoms with Crippen molar-refractivity contribution in [3.05, 3.63) is 35.2 Å². The molecule has 0 amide bonds. The van der Waals surface area contributed by atoms with E-state index in [-0.39, 0.29) is 18.1 Å². The molecular formula is C11H9ClF2N2O2. The summed E-state index contributed by atoms with van der Waals surface area (Å²) >= 11 is 5.80. The summed E-state index contributed by atoms with van der Waals surface area (Å²) in [5.74, 6) is 0.201. The van der Waals surface area contributed by atoms with Gasteiger partial charge in [0, 0.05) is 10.6 Å². The number of halogens is 3. The average molecular weight is 275 g/mol. The summed E-state index contributed by atoms with van der Waals surface area (Å²) in [6.45, 7) is 0. The minimum Gasteiger partial charge on any atom is -0.387 e. The summed E-state index contributed by atoms with van der Waals surface area (Å²) in [5.41, 5.74) is 0.615. The Hall–Kier alpha value is -1.53. The van der Waals surface area contributed by atoms with Crippen LogP contribution in [-0.2, 0) is 6.42 Å². The molecule has 4 nitrogen and oxygen atoms in total. The third-order valence-electron chi connectivity index (χ3n) is 2.23. The molecule has 1 unspecified atom stereocenters. The summed E-state index contributed by atoms with van der Waals surface area (Å²) in [6.07, 6.45) is -5.03. The predicted molar refractivity (Wildman–Crippen MR) is 60.5 cm³/mol. The van der Waals surface area contributed by atoms with Crippen molar-refractivity contribution in [3.63, 3.8) is 0 Å². The van der Waals surface area contributed by atoms with Crippen LogP contribution in [0.25, 0.3) is 11.4 Å². The molecule has 1 aromatic heterocycles. The molecule has 0 saturated carbocycles. The zero-order valence-electron chi connectivity index (χ0n) is 9.05. The maximum Gasteiger partial charge on any atom is 0.264 e. The summed E-state index contributed by atoms with van der Waals surface area (Å²) in [7, 11) is 0.